The van der Waals surface area contributed by atoms with Gasteiger partial charge in [-0.1, -0.05) is 0 Å². The van der Waals surface area contributed by atoms with Crippen LogP contribution >= 0.6 is 0 Å². The highest BCUT2D eigenvalue weighted by atomic mass is 19.1. The van der Waals surface area contributed by atoms with Crippen LogP contribution in [0, 0.1) is 0 Å². The average Bonchev–Trinajstić information content (AvgIpc) is 2.66. The predicted molar refractivity (Wildman–Crippen MR) is 57.1 cm³/mol. The van der Waals surface area contributed by atoms with Crippen LogP contribution in [0.2, 0.25) is 0 Å². The quantitative estimate of drug-likeness (QED) is 0.584. The van der Waals surface area contributed by atoms with Gasteiger partial charge in [-0.2, -0.15) is 4.57 Å². The molecule has 0 radical (unpaired) electrons. The Balaban J connectivity index is 2.27. The fraction of sp³-hybridized carbons (Fsp3) is 0.455. The lowest BCUT2D eigenvalue weighted by molar-refractivity contribution is -0.764. The molecule has 6 nitrogen and oxygen atoms in total. The van der Waals surface area contributed by atoms with Gasteiger partial charge in [-0.15, -0.1) is 0 Å². The lowest BCUT2D eigenvalue weighted by Gasteiger charge is -2.08. The first-order valence-corrected chi connectivity index (χ1v) is 5.43. The summed E-state index contributed by atoms with van der Waals surface area (Å²) in [6, 6.07) is 3.01. The number of carbonyl (C=O) groups excluding carboxylic acids is 1. The van der Waals surface area contributed by atoms with Crippen LogP contribution in [0.3, 0.4) is 0 Å². The van der Waals surface area contributed by atoms with Crippen LogP contribution in [0.1, 0.15) is 16.6 Å². The summed E-state index contributed by atoms with van der Waals surface area (Å²) in [5, 5.41) is 18.4. The number of aromatic nitrogens is 1. The highest BCUT2D eigenvalue weighted by molar-refractivity contribution is 5.92. The molecular weight excluding hydrogens is 243 g/mol. The molecule has 4 atom stereocenters. The lowest BCUT2D eigenvalue weighted by Crippen LogP contribution is -2.45. The van der Waals surface area contributed by atoms with Gasteiger partial charge in [0.05, 0.1) is 6.61 Å². The van der Waals surface area contributed by atoms with E-state index in [1.165, 1.54) is 29.1 Å². The zero-order valence-electron chi connectivity index (χ0n) is 9.44. The molecule has 0 bridgehead atoms. The van der Waals surface area contributed by atoms with Crippen molar-refractivity contribution in [3.8, 4) is 0 Å². The van der Waals surface area contributed by atoms with Crippen molar-refractivity contribution in [2.45, 2.75) is 24.6 Å². The molecule has 0 unspecified atom stereocenters. The molecule has 98 valence electrons. The molecule has 2 heterocycles. The number of aliphatic hydroxyl groups is 2. The van der Waals surface area contributed by atoms with Crippen molar-refractivity contribution in [3.63, 3.8) is 0 Å². The molecule has 1 aliphatic heterocycles. The van der Waals surface area contributed by atoms with Crippen LogP contribution in [0.4, 0.5) is 4.39 Å². The molecule has 7 heteroatoms. The molecule has 0 aliphatic carbocycles. The Morgan fingerprint density at radius 1 is 1.61 bits per heavy atom. The molecule has 0 aromatic carbocycles. The second kappa shape index (κ2) is 4.97. The van der Waals surface area contributed by atoms with Crippen molar-refractivity contribution in [3.05, 3.63) is 30.1 Å². The molecule has 0 saturated carbocycles. The molecule has 2 rings (SSSR count). The fourth-order valence-corrected chi connectivity index (χ4v) is 1.89. The maximum absolute atomic E-state index is 13.8. The van der Waals surface area contributed by atoms with E-state index in [0.29, 0.717) is 0 Å². The predicted octanol–water partition coefficient (Wildman–Crippen LogP) is -1.34. The second-order valence-electron chi connectivity index (χ2n) is 4.09. The van der Waals surface area contributed by atoms with Gasteiger partial charge in [0.25, 0.3) is 12.1 Å². The summed E-state index contributed by atoms with van der Waals surface area (Å²) in [4.78, 5) is 11.0. The third-order valence-corrected chi connectivity index (χ3v) is 2.87. The first-order chi connectivity index (χ1) is 8.54. The number of carbonyl (C=O) groups is 1. The maximum Gasteiger partial charge on any atom is 0.297 e. The van der Waals surface area contributed by atoms with E-state index in [2.05, 4.69) is 0 Å². The van der Waals surface area contributed by atoms with Gasteiger partial charge >= 0.3 is 0 Å². The van der Waals surface area contributed by atoms with E-state index in [1.54, 1.807) is 0 Å². The van der Waals surface area contributed by atoms with E-state index in [-0.39, 0.29) is 5.56 Å². The third-order valence-electron chi connectivity index (χ3n) is 2.87. The Morgan fingerprint density at radius 3 is 2.89 bits per heavy atom. The Kier molecular flexibility index (Phi) is 3.55. The third kappa shape index (κ3) is 2.20. The maximum atomic E-state index is 13.8. The van der Waals surface area contributed by atoms with Gasteiger partial charge in [-0.05, 0) is 6.07 Å². The van der Waals surface area contributed by atoms with Crippen LogP contribution < -0.4 is 10.3 Å². The van der Waals surface area contributed by atoms with Gasteiger partial charge in [-0.25, -0.2) is 4.39 Å². The molecule has 18 heavy (non-hydrogen) atoms. The highest BCUT2D eigenvalue weighted by Gasteiger charge is 2.49. The minimum absolute atomic E-state index is 0.204. The molecule has 1 saturated heterocycles. The van der Waals surface area contributed by atoms with E-state index in [1.807, 2.05) is 0 Å². The van der Waals surface area contributed by atoms with Crippen molar-refractivity contribution >= 4 is 5.91 Å². The van der Waals surface area contributed by atoms with E-state index < -0.39 is 37.1 Å². The van der Waals surface area contributed by atoms with Crippen molar-refractivity contribution in [1.82, 2.24) is 0 Å². The Bertz CT molecular complexity index is 456. The van der Waals surface area contributed by atoms with Crippen molar-refractivity contribution in [2.75, 3.05) is 6.61 Å². The molecule has 1 amide bonds. The smallest absolute Gasteiger partial charge is 0.297 e. The minimum atomic E-state index is -1.68. The number of halogens is 1. The Morgan fingerprint density at radius 2 is 2.33 bits per heavy atom. The topological polar surface area (TPSA) is 96.7 Å². The summed E-state index contributed by atoms with van der Waals surface area (Å²) in [7, 11) is 0. The van der Waals surface area contributed by atoms with Crippen LogP contribution in [0.25, 0.3) is 0 Å². The second-order valence-corrected chi connectivity index (χ2v) is 4.09. The number of nitrogens with two attached hydrogens (primary N) is 1. The molecule has 1 fully saturated rings. The number of nitrogens with zero attached hydrogens (tertiary/aromatic N) is 1. The number of ether oxygens (including phenoxy) is 1. The lowest BCUT2D eigenvalue weighted by atomic mass is 10.1. The molecule has 4 N–H and O–H groups in total. The summed E-state index contributed by atoms with van der Waals surface area (Å²) in [6.07, 6.45) is -2.31. The highest BCUT2D eigenvalue weighted by Crippen LogP contribution is 2.27. The minimum Gasteiger partial charge on any atom is -0.394 e. The van der Waals surface area contributed by atoms with Crippen LogP contribution in [-0.2, 0) is 4.74 Å². The number of hydrogen-bond acceptors (Lipinski definition) is 4. The number of aliphatic hydroxyl groups excluding tert-OH is 2. The summed E-state index contributed by atoms with van der Waals surface area (Å²) in [5.41, 5.74) is 5.32. The van der Waals surface area contributed by atoms with Crippen molar-refractivity contribution in [2.24, 2.45) is 5.73 Å². The monoisotopic (exact) mass is 257 g/mol. The van der Waals surface area contributed by atoms with Crippen molar-refractivity contribution < 1.29 is 28.7 Å². The van der Waals surface area contributed by atoms with Crippen LogP contribution in [0.5, 0.6) is 0 Å². The molecule has 0 spiro atoms. The number of pyridine rings is 1. The molecule has 1 aromatic rings. The van der Waals surface area contributed by atoms with E-state index in [0.717, 1.165) is 0 Å². The number of hydrogen-bond donors (Lipinski definition) is 3. The van der Waals surface area contributed by atoms with Crippen LogP contribution in [-0.4, -0.2) is 41.1 Å². The van der Waals surface area contributed by atoms with Gasteiger partial charge in [0.1, 0.15) is 17.8 Å². The van der Waals surface area contributed by atoms with E-state index >= 15 is 0 Å². The molecular formula is C11H14FN2O4+. The average molecular weight is 257 g/mol. The summed E-state index contributed by atoms with van der Waals surface area (Å²) >= 11 is 0. The van der Waals surface area contributed by atoms with Gasteiger partial charge in [-0.3, -0.25) is 4.79 Å². The molecule has 1 aromatic heterocycles. The molecule has 1 aliphatic rings. The summed E-state index contributed by atoms with van der Waals surface area (Å²) in [6.45, 7) is -0.478. The number of amides is 1. The largest absolute Gasteiger partial charge is 0.394 e. The normalized spacial score (nSPS) is 31.5. The van der Waals surface area contributed by atoms with Crippen LogP contribution in [0.15, 0.2) is 24.5 Å². The zero-order valence-corrected chi connectivity index (χ0v) is 9.44. The van der Waals surface area contributed by atoms with Gasteiger partial charge in [0.15, 0.2) is 12.4 Å². The van der Waals surface area contributed by atoms with Gasteiger partial charge < -0.3 is 20.7 Å². The SMILES string of the molecule is NC(=O)c1ccc[n+]([C@H]2O[C@H](CO)[C@@H](O)[C@H]2F)c1. The summed E-state index contributed by atoms with van der Waals surface area (Å²) < 4.78 is 20.3. The standard InChI is InChI=1S/C11H13FN2O4/c12-8-9(16)7(5-15)18-11(8)14-3-1-2-6(4-14)10(13)17/h1-4,7-9,11,15-16H,5H2,(H-,13,17)/p+1/t7-,8-,9-,11+/m1/s1. The van der Waals surface area contributed by atoms with Gasteiger partial charge in [0.2, 0.25) is 6.17 Å². The number of rotatable bonds is 3. The Hall–Kier alpha value is -1.57. The zero-order chi connectivity index (χ0) is 13.3. The van der Waals surface area contributed by atoms with E-state index in [4.69, 9.17) is 15.6 Å². The van der Waals surface area contributed by atoms with Crippen molar-refractivity contribution in [1.29, 1.82) is 0 Å². The number of alkyl halides is 1. The number of primary amides is 1. The Labute approximate surface area is 102 Å². The van der Waals surface area contributed by atoms with Gasteiger partial charge in [0, 0.05) is 6.07 Å². The first-order valence-electron chi connectivity index (χ1n) is 5.43. The summed E-state index contributed by atoms with van der Waals surface area (Å²) in [5.74, 6) is -0.642. The van der Waals surface area contributed by atoms with E-state index in [9.17, 15) is 14.3 Å². The fourth-order valence-electron chi connectivity index (χ4n) is 1.89. The first kappa shape index (κ1) is 12.9.